The largest absolute Gasteiger partial charge is 0.437 e. The summed E-state index contributed by atoms with van der Waals surface area (Å²) < 4.78 is 12.9. The van der Waals surface area contributed by atoms with Crippen LogP contribution in [0.15, 0.2) is 24.6 Å². The average Bonchev–Trinajstić information content (AvgIpc) is 2.12. The van der Waals surface area contributed by atoms with Crippen LogP contribution in [-0.2, 0) is 8.23 Å². The van der Waals surface area contributed by atoms with Gasteiger partial charge in [-0.3, -0.25) is 0 Å². The number of rotatable bonds is 8. The maximum atomic E-state index is 6.53. The van der Waals surface area contributed by atoms with E-state index in [0.717, 1.165) is 0 Å². The molecule has 0 heterocycles. The maximum Gasteiger partial charge on any atom is 0.311 e. The van der Waals surface area contributed by atoms with Crippen molar-refractivity contribution in [3.05, 3.63) is 24.6 Å². The van der Waals surface area contributed by atoms with Crippen molar-refractivity contribution in [2.45, 2.75) is 58.0 Å². The van der Waals surface area contributed by atoms with E-state index in [1.807, 2.05) is 5.70 Å². The molecule has 0 aromatic rings. The van der Waals surface area contributed by atoms with Crippen molar-refractivity contribution in [3.8, 4) is 0 Å². The molecule has 0 radical (unpaired) electrons. The topological polar surface area (TPSA) is 18.5 Å². The first kappa shape index (κ1) is 19.3. The average molecular weight is 333 g/mol. The Hall–Kier alpha value is 0.268. The van der Waals surface area contributed by atoms with Crippen LogP contribution in [-0.4, -0.2) is 33.3 Å². The molecule has 0 unspecified atom stereocenters. The summed E-state index contributed by atoms with van der Waals surface area (Å²) in [6, 6.07) is 0. The first-order valence-corrected chi connectivity index (χ1v) is 19.1. The predicted molar refractivity (Wildman–Crippen MR) is 97.3 cm³/mol. The van der Waals surface area contributed by atoms with Gasteiger partial charge in [-0.05, 0) is 44.9 Å². The minimum atomic E-state index is -2.07. The number of hydrogen-bond donors (Lipinski definition) is 0. The van der Waals surface area contributed by atoms with Crippen LogP contribution in [0.4, 0.5) is 0 Å². The van der Waals surface area contributed by atoms with Crippen LogP contribution in [0.2, 0.25) is 58.0 Å². The zero-order chi connectivity index (χ0) is 15.5. The van der Waals surface area contributed by atoms with Crippen molar-refractivity contribution < 1.29 is 8.23 Å². The first-order chi connectivity index (χ1) is 8.24. The Morgan fingerprint density at radius 1 is 0.789 bits per heavy atom. The second-order valence-electron chi connectivity index (χ2n) is 7.54. The third-order valence-corrected chi connectivity index (χ3v) is 20.3. The van der Waals surface area contributed by atoms with Crippen LogP contribution in [0.5, 0.6) is 0 Å². The summed E-state index contributed by atoms with van der Waals surface area (Å²) >= 11 is 0. The molecule has 0 spiro atoms. The third-order valence-electron chi connectivity index (χ3n) is 2.96. The second kappa shape index (κ2) is 6.36. The fourth-order valence-corrected chi connectivity index (χ4v) is 24.1. The van der Waals surface area contributed by atoms with Crippen molar-refractivity contribution in [3.63, 3.8) is 0 Å². The Kier molecular flexibility index (Phi) is 6.45. The van der Waals surface area contributed by atoms with Gasteiger partial charge in [-0.15, -0.1) is 18.9 Å². The van der Waals surface area contributed by atoms with Gasteiger partial charge < -0.3 is 8.23 Å². The lowest BCUT2D eigenvalue weighted by Crippen LogP contribution is -2.53. The van der Waals surface area contributed by atoms with Gasteiger partial charge in [-0.25, -0.2) is 0 Å². The van der Waals surface area contributed by atoms with Crippen LogP contribution in [0.1, 0.15) is 0 Å². The van der Waals surface area contributed by atoms with E-state index >= 15 is 0 Å². The minimum Gasteiger partial charge on any atom is -0.437 e. The summed E-state index contributed by atoms with van der Waals surface area (Å²) in [6.07, 6.45) is 0. The quantitative estimate of drug-likeness (QED) is 0.593. The molecule has 0 aromatic heterocycles. The normalized spacial score (nSPS) is 14.3. The van der Waals surface area contributed by atoms with Gasteiger partial charge in [0.25, 0.3) is 0 Å². The lowest BCUT2D eigenvalue weighted by atomic mass is 11.3. The van der Waals surface area contributed by atoms with Gasteiger partial charge in [0.05, 0.1) is 8.07 Å². The van der Waals surface area contributed by atoms with Gasteiger partial charge >= 0.3 is 8.56 Å². The summed E-state index contributed by atoms with van der Waals surface area (Å²) in [5.74, 6) is 0. The van der Waals surface area contributed by atoms with E-state index < -0.39 is 33.3 Å². The SMILES string of the molecule is C=C[Si](C)(C)C[Si](C)(C)O[Si](C)(C)O[Si](C)(C)C=C. The highest BCUT2D eigenvalue weighted by Gasteiger charge is 2.40. The molecular weight excluding hydrogens is 300 g/mol. The molecule has 0 aliphatic rings. The lowest BCUT2D eigenvalue weighted by Gasteiger charge is -2.39. The van der Waals surface area contributed by atoms with Crippen LogP contribution in [0, 0.1) is 0 Å². The summed E-state index contributed by atoms with van der Waals surface area (Å²) in [5.41, 5.74) is 5.37. The van der Waals surface area contributed by atoms with Crippen LogP contribution >= 0.6 is 0 Å². The third kappa shape index (κ3) is 8.21. The molecule has 0 N–H and O–H groups in total. The predicted octanol–water partition coefficient (Wildman–Crippen LogP) is 4.83. The van der Waals surface area contributed by atoms with E-state index in [4.69, 9.17) is 8.23 Å². The van der Waals surface area contributed by atoms with E-state index in [2.05, 4.69) is 71.2 Å². The van der Waals surface area contributed by atoms with Crippen molar-refractivity contribution in [1.29, 1.82) is 0 Å². The zero-order valence-corrected chi connectivity index (χ0v) is 18.1. The summed E-state index contributed by atoms with van der Waals surface area (Å²) in [4.78, 5) is 0. The first-order valence-electron chi connectivity index (χ1n) is 6.92. The van der Waals surface area contributed by atoms with Gasteiger partial charge in [0.2, 0.25) is 0 Å². The molecule has 112 valence electrons. The molecule has 0 bridgehead atoms. The molecule has 0 saturated heterocycles. The molecule has 0 amide bonds. The molecule has 0 atom stereocenters. The molecule has 6 heteroatoms. The highest BCUT2D eigenvalue weighted by molar-refractivity contribution is 6.98. The van der Waals surface area contributed by atoms with Crippen molar-refractivity contribution >= 4 is 33.3 Å². The Morgan fingerprint density at radius 2 is 1.26 bits per heavy atom. The standard InChI is InChI=1S/C13H32O2Si4/c1-11-16(3,4)13-18(7,8)15-19(9,10)14-17(5,6)12-2/h11-12H,1-2,13H2,3-10H3. The molecule has 0 rings (SSSR count). The van der Waals surface area contributed by atoms with Gasteiger partial charge in [0.1, 0.15) is 0 Å². The Morgan fingerprint density at radius 3 is 1.63 bits per heavy atom. The molecule has 19 heavy (non-hydrogen) atoms. The molecule has 0 saturated carbocycles. The van der Waals surface area contributed by atoms with Crippen LogP contribution < -0.4 is 0 Å². The zero-order valence-electron chi connectivity index (χ0n) is 14.1. The fourth-order valence-electron chi connectivity index (χ4n) is 2.57. The van der Waals surface area contributed by atoms with Crippen molar-refractivity contribution in [2.24, 2.45) is 0 Å². The highest BCUT2D eigenvalue weighted by atomic mass is 28.5. The van der Waals surface area contributed by atoms with E-state index in [1.165, 1.54) is 5.67 Å². The van der Waals surface area contributed by atoms with Crippen LogP contribution in [0.3, 0.4) is 0 Å². The van der Waals surface area contributed by atoms with Gasteiger partial charge in [0.15, 0.2) is 16.6 Å². The highest BCUT2D eigenvalue weighted by Crippen LogP contribution is 2.27. The van der Waals surface area contributed by atoms with Crippen molar-refractivity contribution in [2.75, 3.05) is 0 Å². The molecule has 0 aliphatic carbocycles. The molecule has 0 aromatic carbocycles. The Bertz CT molecular complexity index is 304. The van der Waals surface area contributed by atoms with Crippen molar-refractivity contribution in [1.82, 2.24) is 0 Å². The lowest BCUT2D eigenvalue weighted by molar-refractivity contribution is 0.396. The van der Waals surface area contributed by atoms with E-state index in [-0.39, 0.29) is 0 Å². The Balaban J connectivity index is 4.81. The number of hydrogen-bond acceptors (Lipinski definition) is 2. The molecule has 2 nitrogen and oxygen atoms in total. The molecular formula is C13H32O2Si4. The monoisotopic (exact) mass is 332 g/mol. The van der Waals surface area contributed by atoms with E-state index in [0.29, 0.717) is 0 Å². The van der Waals surface area contributed by atoms with Gasteiger partial charge in [-0.2, -0.15) is 0 Å². The maximum absolute atomic E-state index is 6.53. The summed E-state index contributed by atoms with van der Waals surface area (Å²) in [5, 5.41) is 0. The molecule has 0 fully saturated rings. The smallest absolute Gasteiger partial charge is 0.311 e. The fraction of sp³-hybridized carbons (Fsp3) is 0.692. The second-order valence-corrected chi connectivity index (χ2v) is 24.9. The summed E-state index contributed by atoms with van der Waals surface area (Å²) in [6.45, 7) is 25.9. The van der Waals surface area contributed by atoms with Gasteiger partial charge in [-0.1, -0.05) is 18.8 Å². The van der Waals surface area contributed by atoms with E-state index in [9.17, 15) is 0 Å². The summed E-state index contributed by atoms with van der Waals surface area (Å²) in [7, 11) is -6.85. The minimum absolute atomic E-state index is 1.21. The Labute approximate surface area is 124 Å². The van der Waals surface area contributed by atoms with Crippen LogP contribution in [0.25, 0.3) is 0 Å². The molecule has 0 aliphatic heterocycles. The van der Waals surface area contributed by atoms with E-state index in [1.54, 1.807) is 0 Å². The van der Waals surface area contributed by atoms with Gasteiger partial charge in [0, 0.05) is 0 Å².